The standard InChI is InChI=1S/3C11H13O2.C10H12NO2.C10H11O2.C9H10NO2.C4H6O3.ClH.Li.3N3.4H2O.24W/c3*1-9(11(12)13-2)8-10-6-4-3-5-7-10;1-13-10(12)9(11)7-8-5-3-2-4-6-8;1-8(10(11)12)7-9-5-3-2-4-6-9;10-8(9(11)12)6-7-4-2-1-3-5-7;1-3(5)7-4(2)6;;;3*1-3-2;;;;;;;;;;;;;;;;;;;;;;;;;;;;/h3*4-7,9H,8H2,1-2H3;3-6,9H,7,11H2,1H3;3-6,8H,7H2,1H3,(H,11,12);2-5,8H,6,10H2,(H,11,12);1-2H3;1H;;;;;4*1H2;;;;;;;;;;;;;;;;;;;;;;;;/q6*-1;;;+1;3*-1;;;;;;;;;;;;;;;;;;;;;;;;;;3*+2/p-1/t4*9-;2*8-;;;;;;;;;;;;;;;;;;;;;;;;;;;;;;;;;;/m000000................................../s1. The molecule has 0 aliphatic rings. The summed E-state index contributed by atoms with van der Waals surface area (Å²) in [7, 11) is 5.58. The van der Waals surface area contributed by atoms with Crippen LogP contribution in [0.5, 0.6) is 0 Å². The molecule has 13 N–H and O–H groups in total. The van der Waals surface area contributed by atoms with Gasteiger partial charge < -0.3 is 100 Å². The first-order chi connectivity index (χ1) is 43.7. The summed E-state index contributed by atoms with van der Waals surface area (Å²) in [6, 6.07) is 60.7. The average molecular weight is 5790 g/mol. The molecule has 56 heteroatoms. The Morgan fingerprint density at radius 2 is 0.459 bits per heavy atom. The molecule has 122 heavy (non-hydrogen) atoms. The summed E-state index contributed by atoms with van der Waals surface area (Å²) < 4.78 is 22.4. The predicted molar refractivity (Wildman–Crippen MR) is 363 cm³/mol. The Hall–Kier alpha value is 6.38. The van der Waals surface area contributed by atoms with Gasteiger partial charge in [-0.1, -0.05) is 27.7 Å². The Labute approximate surface area is 1080 Å². The van der Waals surface area contributed by atoms with E-state index in [1.165, 1.54) is 57.0 Å². The van der Waals surface area contributed by atoms with E-state index < -0.39 is 36.0 Å². The fraction of sp³-hybridized carbons (Fsp3) is 0.333. The van der Waals surface area contributed by atoms with E-state index in [1.807, 2.05) is 130 Å². The van der Waals surface area contributed by atoms with Gasteiger partial charge in [-0.25, -0.2) is 0 Å². The third-order valence-electron chi connectivity index (χ3n) is 11.1. The van der Waals surface area contributed by atoms with Gasteiger partial charge in [-0.05, 0) is 38.5 Å². The van der Waals surface area contributed by atoms with Crippen molar-refractivity contribution in [2.75, 3.05) is 28.4 Å². The van der Waals surface area contributed by atoms with Crippen LogP contribution in [-0.2, 0) is 606 Å². The van der Waals surface area contributed by atoms with Gasteiger partial charge in [0, 0.05) is 456 Å². The number of carboxylic acids is 2. The number of hydrogen-bond acceptors (Lipinski definition) is 16. The molecule has 0 saturated carbocycles. The molecule has 0 radical (unpaired) electrons. The number of nitrogens with zero attached hydrogens (tertiary/aromatic N) is 9. The first-order valence-electron chi connectivity index (χ1n) is 27.3. The zero-order valence-electron chi connectivity index (χ0n) is 66.1. The quantitative estimate of drug-likeness (QED) is 0.0118. The molecule has 0 saturated heterocycles. The number of halogens is 1. The van der Waals surface area contributed by atoms with Crippen molar-refractivity contribution in [3.8, 4) is 0 Å². The number of methoxy groups -OCH3 is 4. The molecule has 6 rings (SSSR count). The van der Waals surface area contributed by atoms with Crippen LogP contribution in [0.4, 0.5) is 0 Å². The van der Waals surface area contributed by atoms with Crippen LogP contribution in [0.1, 0.15) is 74.9 Å². The monoisotopic (exact) mass is 5790 g/mol. The van der Waals surface area contributed by atoms with Crippen molar-refractivity contribution in [2.24, 2.45) is 35.1 Å². The molecule has 0 aliphatic carbocycles. The van der Waals surface area contributed by atoms with Crippen molar-refractivity contribution in [3.05, 3.63) is 263 Å². The molecule has 0 amide bonds. The number of nitrogens with two attached hydrogens (primary N) is 2. The first-order valence-corrected chi connectivity index (χ1v) is 27.3. The Kier molecular flexibility index (Phi) is 320. The van der Waals surface area contributed by atoms with Crippen LogP contribution < -0.4 is 30.3 Å². The zero-order valence-corrected chi connectivity index (χ0v) is 137. The minimum Gasteiger partial charge on any atom is -0.870 e. The summed E-state index contributed by atoms with van der Waals surface area (Å²) in [6.45, 7) is 9.66. The van der Waals surface area contributed by atoms with Crippen LogP contribution in [-0.4, -0.2) is 120 Å². The number of benzene rings is 6. The number of hydrogen-bond donors (Lipinski definition) is 4. The summed E-state index contributed by atoms with van der Waals surface area (Å²) in [6.07, 6.45) is 3.62. The molecule has 674 valence electrons. The minimum atomic E-state index is -0.970. The van der Waals surface area contributed by atoms with E-state index in [0.717, 1.165) is 52.6 Å². The van der Waals surface area contributed by atoms with Gasteiger partial charge in [0.15, 0.2) is 0 Å². The van der Waals surface area contributed by atoms with Gasteiger partial charge in [-0.15, -0.1) is 12.4 Å². The van der Waals surface area contributed by atoms with Crippen LogP contribution in [0.3, 0.4) is 0 Å². The van der Waals surface area contributed by atoms with E-state index in [0.29, 0.717) is 19.3 Å². The smallest absolute Gasteiger partial charge is 0.870 e. The van der Waals surface area contributed by atoms with Gasteiger partial charge in [-0.3, -0.25) is 53.1 Å². The molecule has 0 unspecified atom stereocenters. The summed E-state index contributed by atoms with van der Waals surface area (Å²) in [4.78, 5) is 89.2. The SMILES string of the molecule is CC(=O)OC(C)=O.COC(=O)[C@@H](C)Cc1cc[c-]cc1.COC(=O)[C@@H](C)Cc1cc[c-]cc1.COC(=O)[C@@H](C)Cc1cc[c-]cc1.COC(=O)[C@@H](N)Cc1cc[c-]cc1.C[C@@H](Cc1cc[c-]cc1)C(=O)O.Cl.N[C@@H](Cc1cc[c-]cc1)C(=O)O.O.O.O.[Li+].[N-]=[N+]=[N-].[N-]=[N+]=[N-].[N-]=[N+]=[N-].[OH-].[W+2].[W+2].[W+2].[W].[W].[W].[W].[W].[W].[W].[W].[W].[W].[W].[W].[W].[W].[W].[W].[W].[W].[W].[W].[W]. The van der Waals surface area contributed by atoms with Gasteiger partial charge in [0.25, 0.3) is 0 Å². The second kappa shape index (κ2) is 167. The van der Waals surface area contributed by atoms with Crippen molar-refractivity contribution in [2.45, 2.75) is 92.2 Å². The van der Waals surface area contributed by atoms with Gasteiger partial charge in [0.1, 0.15) is 12.1 Å². The van der Waals surface area contributed by atoms with Gasteiger partial charge in [0.05, 0.1) is 52.1 Å². The van der Waals surface area contributed by atoms with E-state index in [1.54, 1.807) is 43.3 Å². The molecule has 0 heterocycles. The number of carboxylic acid groups (broad SMARTS) is 2. The molecule has 0 spiro atoms. The molecule has 6 atom stereocenters. The Bertz CT molecular complexity index is 2840. The number of carbonyl (C=O) groups excluding carboxylic acids is 6. The predicted octanol–water partition coefficient (Wildman–Crippen LogP) is 5.65. The van der Waals surface area contributed by atoms with Crippen LogP contribution in [0, 0.1) is 60.1 Å². The molecule has 6 aromatic rings. The summed E-state index contributed by atoms with van der Waals surface area (Å²) >= 11 is 0. The Morgan fingerprint density at radius 3 is 0.582 bits per heavy atom. The molecule has 0 aliphatic heterocycles. The van der Waals surface area contributed by atoms with Gasteiger partial charge in [0.2, 0.25) is 0 Å². The van der Waals surface area contributed by atoms with E-state index in [-0.39, 0.29) is 606 Å². The summed E-state index contributed by atoms with van der Waals surface area (Å²) in [5, 5.41) is 17.1. The third kappa shape index (κ3) is 152. The second-order valence-electron chi connectivity index (χ2n) is 18.6. The number of carbonyl (C=O) groups is 8. The van der Waals surface area contributed by atoms with E-state index in [2.05, 4.69) is 60.1 Å². The van der Waals surface area contributed by atoms with Crippen molar-refractivity contribution in [3.63, 3.8) is 0 Å². The van der Waals surface area contributed by atoms with E-state index >= 15 is 0 Å². The van der Waals surface area contributed by atoms with E-state index in [4.69, 9.17) is 54.9 Å². The maximum absolute atomic E-state index is 11.1. The molecular formula is C66H86ClLiN11O19W24-3. The van der Waals surface area contributed by atoms with Crippen LogP contribution in [0.15, 0.2) is 146 Å². The summed E-state index contributed by atoms with van der Waals surface area (Å²) in [5.41, 5.74) is 57.8. The normalized spacial score (nSPS) is 8.26. The fourth-order valence-corrected chi connectivity index (χ4v) is 6.73. The van der Waals surface area contributed by atoms with Crippen molar-refractivity contribution >= 4 is 60.2 Å². The molecule has 0 bridgehead atoms. The minimum absolute atomic E-state index is 0. The molecule has 30 nitrogen and oxygen atoms in total. The van der Waals surface area contributed by atoms with Crippen molar-refractivity contribution < 1.29 is 619 Å². The Balaban J connectivity index is -0.0000000219. The Morgan fingerprint density at radius 1 is 0.320 bits per heavy atom. The molecule has 0 aromatic heterocycles. The molecule has 0 fully saturated rings. The summed E-state index contributed by atoms with van der Waals surface area (Å²) in [5.74, 6) is -4.24. The number of rotatable bonds is 18. The van der Waals surface area contributed by atoms with Gasteiger partial charge >= 0.3 is 130 Å². The number of ether oxygens (including phenoxy) is 5. The zero-order chi connectivity index (χ0) is 70.7. The molecular weight excluding hydrogens is 5710 g/mol. The van der Waals surface area contributed by atoms with Crippen LogP contribution in [0.2, 0.25) is 0 Å². The van der Waals surface area contributed by atoms with Crippen molar-refractivity contribution in [1.29, 1.82) is 0 Å². The molecule has 6 aromatic carbocycles. The third-order valence-corrected chi connectivity index (χ3v) is 11.1. The largest absolute Gasteiger partial charge is 2.00 e. The van der Waals surface area contributed by atoms with Gasteiger partial charge in [-0.2, -0.15) is 215 Å². The van der Waals surface area contributed by atoms with Crippen molar-refractivity contribution in [1.82, 2.24) is 0 Å². The number of esters is 6. The topological polar surface area (TPSA) is 576 Å². The van der Waals surface area contributed by atoms with E-state index in [9.17, 15) is 38.4 Å². The van der Waals surface area contributed by atoms with Crippen LogP contribution >= 0.6 is 12.4 Å². The first kappa shape index (κ1) is 234. The second-order valence-corrected chi connectivity index (χ2v) is 18.6. The average Bonchev–Trinajstić information content (AvgIpc) is 0.974. The number of aliphatic carboxylic acids is 2. The fourth-order valence-electron chi connectivity index (χ4n) is 6.73. The maximum Gasteiger partial charge on any atom is 2.00 e. The maximum atomic E-state index is 11.1. The van der Waals surface area contributed by atoms with Crippen LogP contribution in [0.25, 0.3) is 47.9 Å².